The number of nitrogens with two attached hydrogens (primary N) is 1. The zero-order chi connectivity index (χ0) is 27.6. The lowest BCUT2D eigenvalue weighted by atomic mass is 10.1. The van der Waals surface area contributed by atoms with Crippen molar-refractivity contribution in [2.75, 3.05) is 26.4 Å². The van der Waals surface area contributed by atoms with Gasteiger partial charge in [0.15, 0.2) is 29.2 Å². The summed E-state index contributed by atoms with van der Waals surface area (Å²) in [5.74, 6) is -1.95. The molecule has 3 heterocycles. The molecule has 1 aliphatic rings. The van der Waals surface area contributed by atoms with Crippen molar-refractivity contribution in [1.29, 1.82) is 0 Å². The van der Waals surface area contributed by atoms with Gasteiger partial charge in [-0.1, -0.05) is 12.2 Å². The molecule has 0 bridgehead atoms. The summed E-state index contributed by atoms with van der Waals surface area (Å²) in [6, 6.07) is 2.54. The number of aromatic hydroxyl groups is 2. The largest absolute Gasteiger partial charge is 0.504 e. The highest BCUT2D eigenvalue weighted by atomic mass is 16.6. The number of aliphatic hydroxyl groups excluding tert-OH is 2. The first kappa shape index (κ1) is 26.5. The second kappa shape index (κ2) is 10.8. The number of amides is 2. The molecule has 38 heavy (non-hydrogen) atoms. The molecule has 0 radical (unpaired) electrons. The fraction of sp³-hybridized carbons (Fsp3) is 0.292. The van der Waals surface area contributed by atoms with Gasteiger partial charge >= 0.3 is 0 Å². The van der Waals surface area contributed by atoms with Gasteiger partial charge in [0.1, 0.15) is 30.2 Å². The second-order valence-electron chi connectivity index (χ2n) is 8.70. The molecule has 14 nitrogen and oxygen atoms in total. The molecule has 4 rings (SSSR count). The Hall–Kier alpha value is -4.53. The normalized spacial score (nSPS) is 21.5. The van der Waals surface area contributed by atoms with Gasteiger partial charge in [-0.05, 0) is 23.8 Å². The molecule has 2 amide bonds. The minimum atomic E-state index is -1.30. The lowest BCUT2D eigenvalue weighted by Crippen LogP contribution is -2.31. The molecule has 1 aliphatic heterocycles. The monoisotopic (exact) mass is 525 g/mol. The Bertz CT molecular complexity index is 1420. The number of benzene rings is 1. The van der Waals surface area contributed by atoms with Gasteiger partial charge in [0.25, 0.3) is 5.91 Å². The highest BCUT2D eigenvalue weighted by molar-refractivity contribution is 5.99. The Morgan fingerprint density at radius 3 is 2.68 bits per heavy atom. The van der Waals surface area contributed by atoms with Crippen LogP contribution in [0.4, 0.5) is 5.82 Å². The first-order valence-corrected chi connectivity index (χ1v) is 11.4. The number of carbonyl (C=O) groups excluding carboxylic acids is 2. The molecule has 7 N–H and O–H groups in total. The van der Waals surface area contributed by atoms with Crippen molar-refractivity contribution in [2.45, 2.75) is 24.5 Å². The van der Waals surface area contributed by atoms with E-state index in [0.29, 0.717) is 16.7 Å². The Labute approximate surface area is 216 Å². The summed E-state index contributed by atoms with van der Waals surface area (Å²) in [6.45, 7) is -0.0245. The van der Waals surface area contributed by atoms with Crippen LogP contribution in [0.2, 0.25) is 0 Å². The molecule has 1 saturated heterocycles. The molecule has 3 aromatic rings. The molecule has 3 unspecified atom stereocenters. The number of carbonyl (C=O) groups is 2. The summed E-state index contributed by atoms with van der Waals surface area (Å²) in [5.41, 5.74) is 6.59. The lowest BCUT2D eigenvalue weighted by Gasteiger charge is -2.16. The van der Waals surface area contributed by atoms with E-state index < -0.39 is 41.9 Å². The summed E-state index contributed by atoms with van der Waals surface area (Å²) in [5, 5.41) is 43.7. The Balaban J connectivity index is 1.40. The number of likely N-dealkylation sites (N-methyl/N-ethyl adjacent to an activating group) is 1. The predicted octanol–water partition coefficient (Wildman–Crippen LogP) is -0.473. The van der Waals surface area contributed by atoms with Gasteiger partial charge in [0, 0.05) is 26.7 Å². The van der Waals surface area contributed by atoms with Crippen molar-refractivity contribution < 1.29 is 34.8 Å². The smallest absolute Gasteiger partial charge is 0.255 e. The third-order valence-corrected chi connectivity index (χ3v) is 5.86. The summed E-state index contributed by atoms with van der Waals surface area (Å²) in [6.07, 6.45) is 3.78. The molecule has 1 aromatic carbocycles. The van der Waals surface area contributed by atoms with Gasteiger partial charge in [0.2, 0.25) is 5.91 Å². The average Bonchev–Trinajstić information content (AvgIpc) is 3.43. The SMILES string of the molecule is CN(C)C(=O)C=Cc1cc(O)c(O)c(C(=O)NCC=CC2OC(n3cnc4c(N)ncnc43)[C@H](O)C2O)c1. The van der Waals surface area contributed by atoms with E-state index in [1.54, 1.807) is 14.1 Å². The van der Waals surface area contributed by atoms with E-state index in [1.165, 1.54) is 58.6 Å². The number of rotatable bonds is 7. The Morgan fingerprint density at radius 2 is 1.95 bits per heavy atom. The maximum atomic E-state index is 12.6. The fourth-order valence-corrected chi connectivity index (χ4v) is 3.81. The number of hydrogen-bond donors (Lipinski definition) is 6. The van der Waals surface area contributed by atoms with Crippen LogP contribution < -0.4 is 11.1 Å². The number of nitrogens with one attached hydrogen (secondary N) is 1. The van der Waals surface area contributed by atoms with E-state index in [1.807, 2.05) is 0 Å². The quantitative estimate of drug-likeness (QED) is 0.132. The summed E-state index contributed by atoms with van der Waals surface area (Å²) in [7, 11) is 3.16. The van der Waals surface area contributed by atoms with Crippen LogP contribution in [-0.2, 0) is 9.53 Å². The van der Waals surface area contributed by atoms with Crippen molar-refractivity contribution in [3.05, 3.63) is 54.1 Å². The van der Waals surface area contributed by atoms with Crippen molar-refractivity contribution >= 4 is 34.9 Å². The van der Waals surface area contributed by atoms with Gasteiger partial charge < -0.3 is 41.1 Å². The van der Waals surface area contributed by atoms with Crippen molar-refractivity contribution in [1.82, 2.24) is 29.7 Å². The van der Waals surface area contributed by atoms with Crippen LogP contribution in [0.25, 0.3) is 17.2 Å². The number of nitrogens with zero attached hydrogens (tertiary/aromatic N) is 5. The van der Waals surface area contributed by atoms with Crippen LogP contribution in [0, 0.1) is 0 Å². The van der Waals surface area contributed by atoms with Crippen LogP contribution in [0.5, 0.6) is 11.5 Å². The number of ether oxygens (including phenoxy) is 1. The topological polar surface area (TPSA) is 209 Å². The van der Waals surface area contributed by atoms with Crippen molar-refractivity contribution in [2.24, 2.45) is 0 Å². The number of imidazole rings is 1. The van der Waals surface area contributed by atoms with Gasteiger partial charge in [0.05, 0.1) is 11.9 Å². The number of fused-ring (bicyclic) bond motifs is 1. The third kappa shape index (κ3) is 5.27. The fourth-order valence-electron chi connectivity index (χ4n) is 3.81. The van der Waals surface area contributed by atoms with Crippen molar-refractivity contribution in [3.63, 3.8) is 0 Å². The van der Waals surface area contributed by atoms with Gasteiger partial charge in [-0.3, -0.25) is 14.2 Å². The molecule has 200 valence electrons. The number of anilines is 1. The summed E-state index contributed by atoms with van der Waals surface area (Å²) < 4.78 is 7.24. The van der Waals surface area contributed by atoms with Crippen LogP contribution in [-0.4, -0.2) is 95.6 Å². The zero-order valence-corrected chi connectivity index (χ0v) is 20.5. The van der Waals surface area contributed by atoms with Crippen LogP contribution >= 0.6 is 0 Å². The summed E-state index contributed by atoms with van der Waals surface area (Å²) in [4.78, 5) is 37.8. The zero-order valence-electron chi connectivity index (χ0n) is 20.5. The maximum Gasteiger partial charge on any atom is 0.255 e. The number of aliphatic hydroxyl groups is 2. The van der Waals surface area contributed by atoms with Gasteiger partial charge in [-0.25, -0.2) is 15.0 Å². The van der Waals surface area contributed by atoms with Crippen molar-refractivity contribution in [3.8, 4) is 11.5 Å². The molecular formula is C24H27N7O7. The minimum absolute atomic E-state index is 0.0245. The van der Waals surface area contributed by atoms with E-state index in [9.17, 15) is 30.0 Å². The molecule has 4 atom stereocenters. The highest BCUT2D eigenvalue weighted by Gasteiger charge is 2.43. The van der Waals surface area contributed by atoms with E-state index in [-0.39, 0.29) is 23.8 Å². The summed E-state index contributed by atoms with van der Waals surface area (Å²) >= 11 is 0. The molecule has 14 heteroatoms. The first-order valence-electron chi connectivity index (χ1n) is 11.4. The van der Waals surface area contributed by atoms with E-state index in [4.69, 9.17) is 10.5 Å². The predicted molar refractivity (Wildman–Crippen MR) is 135 cm³/mol. The van der Waals surface area contributed by atoms with Crippen LogP contribution in [0.15, 0.2) is 43.0 Å². The van der Waals surface area contributed by atoms with E-state index in [2.05, 4.69) is 20.3 Å². The third-order valence-electron chi connectivity index (χ3n) is 5.86. The minimum Gasteiger partial charge on any atom is -0.504 e. The molecule has 1 fully saturated rings. The molecule has 0 saturated carbocycles. The average molecular weight is 526 g/mol. The Kier molecular flexibility index (Phi) is 7.57. The molecule has 0 spiro atoms. The highest BCUT2D eigenvalue weighted by Crippen LogP contribution is 2.33. The molecule has 2 aromatic heterocycles. The maximum absolute atomic E-state index is 12.6. The number of hydrogen-bond acceptors (Lipinski definition) is 11. The van der Waals surface area contributed by atoms with Gasteiger partial charge in [-0.15, -0.1) is 0 Å². The van der Waals surface area contributed by atoms with E-state index >= 15 is 0 Å². The van der Waals surface area contributed by atoms with E-state index in [0.717, 1.165) is 0 Å². The second-order valence-corrected chi connectivity index (χ2v) is 8.70. The van der Waals surface area contributed by atoms with Crippen LogP contribution in [0.3, 0.4) is 0 Å². The number of phenolic OH excluding ortho intramolecular Hbond substituents is 2. The number of phenols is 2. The molecule has 0 aliphatic carbocycles. The lowest BCUT2D eigenvalue weighted by molar-refractivity contribution is -0.123. The first-order chi connectivity index (χ1) is 18.1. The van der Waals surface area contributed by atoms with Crippen LogP contribution in [0.1, 0.15) is 22.1 Å². The number of aromatic nitrogens is 4. The molecular weight excluding hydrogens is 498 g/mol. The standard InChI is InChI=1S/C24H27N7O7/c1-30(2)16(33)6-5-12-8-13(18(34)14(32)9-12)23(37)26-7-3-4-15-19(35)20(36)24(38-15)31-11-29-17-21(25)27-10-28-22(17)31/h3-6,8-11,15,19-20,24,32,34-36H,7H2,1-2H3,(H,26,37)(H2,25,27,28)/t15?,19?,20-,24?/m1/s1. The number of nitrogen functional groups attached to an aromatic ring is 1. The van der Waals surface area contributed by atoms with Gasteiger partial charge in [-0.2, -0.15) is 0 Å². The Morgan fingerprint density at radius 1 is 1.18 bits per heavy atom.